The van der Waals surface area contributed by atoms with Crippen LogP contribution in [0.4, 0.5) is 0 Å². The SMILES string of the molecule is CCC(N)Cc1ccc(Sc2ccccc2C)c(Br)c1. The number of halogens is 1. The van der Waals surface area contributed by atoms with E-state index in [1.54, 1.807) is 11.8 Å². The number of benzene rings is 2. The van der Waals surface area contributed by atoms with Crippen LogP contribution in [-0.4, -0.2) is 6.04 Å². The van der Waals surface area contributed by atoms with E-state index in [4.69, 9.17) is 5.73 Å². The molecule has 0 heterocycles. The second-order valence-electron chi connectivity index (χ2n) is 5.00. The third kappa shape index (κ3) is 4.11. The lowest BCUT2D eigenvalue weighted by Gasteiger charge is -2.11. The maximum absolute atomic E-state index is 6.02. The van der Waals surface area contributed by atoms with Crippen molar-refractivity contribution in [1.82, 2.24) is 0 Å². The summed E-state index contributed by atoms with van der Waals surface area (Å²) in [6.07, 6.45) is 1.95. The standard InChI is InChI=1S/C17H20BrNS/c1-3-14(19)10-13-8-9-17(15(18)11-13)20-16-7-5-4-6-12(16)2/h4-9,11,14H,3,10,19H2,1-2H3. The fraction of sp³-hybridized carbons (Fsp3) is 0.294. The molecular weight excluding hydrogens is 330 g/mol. The van der Waals surface area contributed by atoms with Crippen molar-refractivity contribution >= 4 is 27.7 Å². The highest BCUT2D eigenvalue weighted by Gasteiger charge is 2.07. The minimum atomic E-state index is 0.247. The van der Waals surface area contributed by atoms with Crippen LogP contribution in [0, 0.1) is 6.92 Å². The first-order chi connectivity index (χ1) is 9.60. The molecule has 2 aromatic rings. The quantitative estimate of drug-likeness (QED) is 0.803. The summed E-state index contributed by atoms with van der Waals surface area (Å²) in [5.74, 6) is 0. The number of rotatable bonds is 5. The highest BCUT2D eigenvalue weighted by atomic mass is 79.9. The first-order valence-corrected chi connectivity index (χ1v) is 8.48. The van der Waals surface area contributed by atoms with Gasteiger partial charge in [0.1, 0.15) is 0 Å². The van der Waals surface area contributed by atoms with Crippen molar-refractivity contribution in [3.63, 3.8) is 0 Å². The maximum Gasteiger partial charge on any atom is 0.0317 e. The molecule has 1 atom stereocenters. The van der Waals surface area contributed by atoms with Crippen LogP contribution in [0.15, 0.2) is 56.7 Å². The smallest absolute Gasteiger partial charge is 0.0317 e. The van der Waals surface area contributed by atoms with Crippen LogP contribution in [-0.2, 0) is 6.42 Å². The average molecular weight is 350 g/mol. The summed E-state index contributed by atoms with van der Waals surface area (Å²) in [7, 11) is 0. The zero-order chi connectivity index (χ0) is 14.5. The second kappa shape index (κ2) is 7.30. The molecule has 0 fully saturated rings. The van der Waals surface area contributed by atoms with Gasteiger partial charge in [0, 0.05) is 20.3 Å². The third-order valence-corrected chi connectivity index (χ3v) is 5.50. The van der Waals surface area contributed by atoms with E-state index in [0.29, 0.717) is 0 Å². The van der Waals surface area contributed by atoms with E-state index in [-0.39, 0.29) is 6.04 Å². The first kappa shape index (κ1) is 15.6. The van der Waals surface area contributed by atoms with Gasteiger partial charge in [-0.15, -0.1) is 0 Å². The maximum atomic E-state index is 6.02. The number of hydrogen-bond donors (Lipinski definition) is 1. The van der Waals surface area contributed by atoms with Crippen LogP contribution in [0.1, 0.15) is 24.5 Å². The van der Waals surface area contributed by atoms with E-state index in [1.165, 1.54) is 20.9 Å². The minimum Gasteiger partial charge on any atom is -0.327 e. The summed E-state index contributed by atoms with van der Waals surface area (Å²) in [6, 6.07) is 15.3. The molecule has 0 aliphatic rings. The molecule has 0 saturated carbocycles. The third-order valence-electron chi connectivity index (χ3n) is 3.33. The number of nitrogens with two attached hydrogens (primary N) is 1. The molecular formula is C17H20BrNS. The predicted octanol–water partition coefficient (Wildman–Crippen LogP) is 5.19. The van der Waals surface area contributed by atoms with Gasteiger partial charge in [-0.05, 0) is 65.0 Å². The molecule has 0 aromatic heterocycles. The van der Waals surface area contributed by atoms with Gasteiger partial charge in [-0.1, -0.05) is 43.0 Å². The van der Waals surface area contributed by atoms with Gasteiger partial charge in [-0.2, -0.15) is 0 Å². The molecule has 0 spiro atoms. The Morgan fingerprint density at radius 2 is 1.90 bits per heavy atom. The Bertz CT molecular complexity index is 583. The Kier molecular flexibility index (Phi) is 5.70. The number of hydrogen-bond acceptors (Lipinski definition) is 2. The lowest BCUT2D eigenvalue weighted by Crippen LogP contribution is -2.21. The zero-order valence-corrected chi connectivity index (χ0v) is 14.3. The van der Waals surface area contributed by atoms with Crippen LogP contribution < -0.4 is 5.73 Å². The Morgan fingerprint density at radius 3 is 2.55 bits per heavy atom. The molecule has 0 radical (unpaired) electrons. The van der Waals surface area contributed by atoms with Gasteiger partial charge >= 0.3 is 0 Å². The molecule has 0 saturated heterocycles. The summed E-state index contributed by atoms with van der Waals surface area (Å²) in [6.45, 7) is 4.27. The molecule has 0 aliphatic heterocycles. The molecule has 0 aliphatic carbocycles. The Labute approximate surface area is 134 Å². The molecule has 3 heteroatoms. The lowest BCUT2D eigenvalue weighted by molar-refractivity contribution is 0.646. The highest BCUT2D eigenvalue weighted by molar-refractivity contribution is 9.10. The Hall–Kier alpha value is -0.770. The van der Waals surface area contributed by atoms with E-state index < -0.39 is 0 Å². The zero-order valence-electron chi connectivity index (χ0n) is 11.9. The van der Waals surface area contributed by atoms with Crippen LogP contribution >= 0.6 is 27.7 Å². The minimum absolute atomic E-state index is 0.247. The second-order valence-corrected chi connectivity index (χ2v) is 6.94. The van der Waals surface area contributed by atoms with Crippen molar-refractivity contribution in [3.05, 3.63) is 58.1 Å². The summed E-state index contributed by atoms with van der Waals surface area (Å²) in [5.41, 5.74) is 8.61. The molecule has 2 N–H and O–H groups in total. The van der Waals surface area contributed by atoms with Gasteiger partial charge in [-0.3, -0.25) is 0 Å². The fourth-order valence-corrected chi connectivity index (χ4v) is 3.56. The van der Waals surface area contributed by atoms with Crippen LogP contribution in [0.2, 0.25) is 0 Å². The van der Waals surface area contributed by atoms with E-state index in [1.807, 2.05) is 0 Å². The van der Waals surface area contributed by atoms with Gasteiger partial charge in [-0.25, -0.2) is 0 Å². The molecule has 2 aromatic carbocycles. The van der Waals surface area contributed by atoms with Crippen molar-refractivity contribution in [2.75, 3.05) is 0 Å². The van der Waals surface area contributed by atoms with Gasteiger partial charge < -0.3 is 5.73 Å². The topological polar surface area (TPSA) is 26.0 Å². The van der Waals surface area contributed by atoms with Gasteiger partial charge in [0.15, 0.2) is 0 Å². The van der Waals surface area contributed by atoms with Gasteiger partial charge in [0.2, 0.25) is 0 Å². The molecule has 0 amide bonds. The normalized spacial score (nSPS) is 12.4. The van der Waals surface area contributed by atoms with Crippen molar-refractivity contribution in [1.29, 1.82) is 0 Å². The molecule has 0 bridgehead atoms. The fourth-order valence-electron chi connectivity index (χ4n) is 1.99. The molecule has 1 unspecified atom stereocenters. The van der Waals surface area contributed by atoms with Crippen molar-refractivity contribution < 1.29 is 0 Å². The Balaban J connectivity index is 2.16. The van der Waals surface area contributed by atoms with Crippen LogP contribution in [0.3, 0.4) is 0 Å². The molecule has 106 valence electrons. The average Bonchev–Trinajstić information content (AvgIpc) is 2.44. The summed E-state index contributed by atoms with van der Waals surface area (Å²) in [4.78, 5) is 2.54. The summed E-state index contributed by atoms with van der Waals surface area (Å²) < 4.78 is 1.14. The van der Waals surface area contributed by atoms with Crippen LogP contribution in [0.25, 0.3) is 0 Å². The summed E-state index contributed by atoms with van der Waals surface area (Å²) >= 11 is 5.48. The van der Waals surface area contributed by atoms with Gasteiger partial charge in [0.05, 0.1) is 0 Å². The number of aryl methyl sites for hydroxylation is 1. The summed E-state index contributed by atoms with van der Waals surface area (Å²) in [5, 5.41) is 0. The monoisotopic (exact) mass is 349 g/mol. The van der Waals surface area contributed by atoms with Crippen molar-refractivity contribution in [2.45, 2.75) is 42.5 Å². The predicted molar refractivity (Wildman–Crippen MR) is 91.4 cm³/mol. The van der Waals surface area contributed by atoms with E-state index >= 15 is 0 Å². The molecule has 1 nitrogen and oxygen atoms in total. The highest BCUT2D eigenvalue weighted by Crippen LogP contribution is 2.35. The van der Waals surface area contributed by atoms with Crippen LogP contribution in [0.5, 0.6) is 0 Å². The van der Waals surface area contributed by atoms with E-state index in [9.17, 15) is 0 Å². The lowest BCUT2D eigenvalue weighted by atomic mass is 10.1. The molecule has 2 rings (SSSR count). The molecule has 20 heavy (non-hydrogen) atoms. The first-order valence-electron chi connectivity index (χ1n) is 6.87. The van der Waals surface area contributed by atoms with Gasteiger partial charge in [0.25, 0.3) is 0 Å². The van der Waals surface area contributed by atoms with E-state index in [0.717, 1.165) is 17.3 Å². The van der Waals surface area contributed by atoms with E-state index in [2.05, 4.69) is 72.2 Å². The largest absolute Gasteiger partial charge is 0.327 e. The van der Waals surface area contributed by atoms with Crippen molar-refractivity contribution in [3.8, 4) is 0 Å². The Morgan fingerprint density at radius 1 is 1.15 bits per heavy atom. The van der Waals surface area contributed by atoms with Crippen molar-refractivity contribution in [2.24, 2.45) is 5.73 Å².